The average Bonchev–Trinajstić information content (AvgIpc) is 3.18. The first-order valence-electron chi connectivity index (χ1n) is 6.40. The van der Waals surface area contributed by atoms with E-state index in [2.05, 4.69) is 31.5 Å². The zero-order valence-electron chi connectivity index (χ0n) is 10.0. The van der Waals surface area contributed by atoms with E-state index in [0.29, 0.717) is 18.4 Å². The number of anilines is 1. The fourth-order valence-electron chi connectivity index (χ4n) is 2.54. The monoisotopic (exact) mass is 309 g/mol. The molecule has 1 aliphatic carbocycles. The molecular formula is C13H16BrN3O. The van der Waals surface area contributed by atoms with Crippen molar-refractivity contribution in [3.05, 3.63) is 22.8 Å². The van der Waals surface area contributed by atoms with Gasteiger partial charge in [0.2, 0.25) is 5.91 Å². The third-order valence-corrected chi connectivity index (χ3v) is 4.10. The molecule has 3 rings (SSSR count). The van der Waals surface area contributed by atoms with Crippen molar-refractivity contribution in [2.75, 3.05) is 5.32 Å². The predicted octanol–water partition coefficient (Wildman–Crippen LogP) is 2.31. The van der Waals surface area contributed by atoms with E-state index in [1.807, 2.05) is 12.1 Å². The Morgan fingerprint density at radius 3 is 2.83 bits per heavy atom. The Kier molecular flexibility index (Phi) is 3.24. The number of nitrogens with zero attached hydrogens (tertiary/aromatic N) is 1. The molecule has 1 amide bonds. The van der Waals surface area contributed by atoms with Crippen molar-refractivity contribution in [3.63, 3.8) is 0 Å². The third kappa shape index (κ3) is 2.66. The zero-order chi connectivity index (χ0) is 12.5. The highest BCUT2D eigenvalue weighted by atomic mass is 79.9. The fourth-order valence-corrected chi connectivity index (χ4v) is 2.77. The van der Waals surface area contributed by atoms with Crippen LogP contribution in [0.25, 0.3) is 0 Å². The zero-order valence-corrected chi connectivity index (χ0v) is 11.6. The number of rotatable bonds is 3. The van der Waals surface area contributed by atoms with Crippen molar-refractivity contribution < 1.29 is 4.79 Å². The topological polar surface area (TPSA) is 54.0 Å². The quantitative estimate of drug-likeness (QED) is 0.901. The summed E-state index contributed by atoms with van der Waals surface area (Å²) in [6.45, 7) is 0. The van der Waals surface area contributed by atoms with Crippen LogP contribution in [-0.2, 0) is 4.79 Å². The van der Waals surface area contributed by atoms with Gasteiger partial charge >= 0.3 is 0 Å². The molecular weight excluding hydrogens is 294 g/mol. The van der Waals surface area contributed by atoms with Crippen LogP contribution in [0.4, 0.5) is 5.82 Å². The molecule has 18 heavy (non-hydrogen) atoms. The Bertz CT molecular complexity index is 444. The number of piperidine rings is 1. The predicted molar refractivity (Wildman–Crippen MR) is 73.2 cm³/mol. The van der Waals surface area contributed by atoms with Gasteiger partial charge in [-0.2, -0.15) is 0 Å². The molecule has 0 unspecified atom stereocenters. The molecule has 1 aromatic rings. The first kappa shape index (κ1) is 12.0. The van der Waals surface area contributed by atoms with Crippen LogP contribution in [0, 0.1) is 5.92 Å². The lowest BCUT2D eigenvalue weighted by atomic mass is 9.94. The number of hydrogen-bond donors (Lipinski definition) is 2. The van der Waals surface area contributed by atoms with E-state index < -0.39 is 0 Å². The van der Waals surface area contributed by atoms with Gasteiger partial charge in [-0.3, -0.25) is 4.79 Å². The van der Waals surface area contributed by atoms with E-state index in [4.69, 9.17) is 0 Å². The molecule has 2 fully saturated rings. The first-order valence-corrected chi connectivity index (χ1v) is 7.19. The Morgan fingerprint density at radius 1 is 1.33 bits per heavy atom. The van der Waals surface area contributed by atoms with Crippen molar-refractivity contribution >= 4 is 27.7 Å². The van der Waals surface area contributed by atoms with Gasteiger partial charge in [-0.15, -0.1) is 0 Å². The second-order valence-electron chi connectivity index (χ2n) is 5.08. The van der Waals surface area contributed by atoms with Crippen LogP contribution in [-0.4, -0.2) is 23.0 Å². The minimum absolute atomic E-state index is 0.189. The Balaban J connectivity index is 1.69. The molecule has 1 saturated heterocycles. The molecule has 1 saturated carbocycles. The van der Waals surface area contributed by atoms with E-state index in [9.17, 15) is 4.79 Å². The smallest absolute Gasteiger partial charge is 0.220 e. The molecule has 2 heterocycles. The summed E-state index contributed by atoms with van der Waals surface area (Å²) in [5.74, 6) is 1.72. The number of hydrogen-bond acceptors (Lipinski definition) is 3. The summed E-state index contributed by atoms with van der Waals surface area (Å²) in [5, 5.41) is 6.57. The van der Waals surface area contributed by atoms with Gasteiger partial charge in [0.1, 0.15) is 5.82 Å². The van der Waals surface area contributed by atoms with E-state index in [-0.39, 0.29) is 11.9 Å². The summed E-state index contributed by atoms with van der Waals surface area (Å²) in [6.07, 6.45) is 5.76. The second kappa shape index (κ2) is 4.88. The molecule has 96 valence electrons. The largest absolute Gasteiger partial charge is 0.365 e. The summed E-state index contributed by atoms with van der Waals surface area (Å²) < 4.78 is 0.976. The molecule has 0 aromatic carbocycles. The van der Waals surface area contributed by atoms with Crippen LogP contribution in [0.3, 0.4) is 0 Å². The van der Waals surface area contributed by atoms with Gasteiger partial charge in [-0.25, -0.2) is 4.98 Å². The maximum absolute atomic E-state index is 11.5. The van der Waals surface area contributed by atoms with E-state index in [1.165, 1.54) is 12.8 Å². The number of nitrogens with one attached hydrogen (secondary N) is 2. The van der Waals surface area contributed by atoms with Gasteiger partial charge in [0, 0.05) is 23.1 Å². The molecule has 4 nitrogen and oxygen atoms in total. The highest BCUT2D eigenvalue weighted by molar-refractivity contribution is 9.10. The van der Waals surface area contributed by atoms with E-state index in [1.54, 1.807) is 6.20 Å². The van der Waals surface area contributed by atoms with Crippen molar-refractivity contribution in [2.45, 2.75) is 37.8 Å². The van der Waals surface area contributed by atoms with Crippen molar-refractivity contribution in [2.24, 2.45) is 5.92 Å². The normalized spacial score (nSPS) is 27.7. The molecule has 5 heteroatoms. The highest BCUT2D eigenvalue weighted by Crippen LogP contribution is 2.36. The third-order valence-electron chi connectivity index (χ3n) is 3.63. The van der Waals surface area contributed by atoms with Crippen LogP contribution in [0.1, 0.15) is 25.7 Å². The van der Waals surface area contributed by atoms with Crippen molar-refractivity contribution in [3.8, 4) is 0 Å². The lowest BCUT2D eigenvalue weighted by molar-refractivity contribution is -0.123. The van der Waals surface area contributed by atoms with E-state index >= 15 is 0 Å². The Hall–Kier alpha value is -1.10. The van der Waals surface area contributed by atoms with E-state index in [0.717, 1.165) is 16.7 Å². The van der Waals surface area contributed by atoms with Gasteiger partial charge in [-0.1, -0.05) is 0 Å². The second-order valence-corrected chi connectivity index (χ2v) is 6.00. The van der Waals surface area contributed by atoms with Crippen LogP contribution < -0.4 is 10.6 Å². The van der Waals surface area contributed by atoms with Crippen molar-refractivity contribution in [1.29, 1.82) is 0 Å². The summed E-state index contributed by atoms with van der Waals surface area (Å²) in [4.78, 5) is 15.8. The number of carbonyl (C=O) groups is 1. The average molecular weight is 310 g/mol. The molecule has 2 N–H and O–H groups in total. The van der Waals surface area contributed by atoms with Gasteiger partial charge < -0.3 is 10.6 Å². The number of aromatic nitrogens is 1. The van der Waals surface area contributed by atoms with Gasteiger partial charge in [0.05, 0.1) is 6.04 Å². The minimum Gasteiger partial charge on any atom is -0.365 e. The lowest BCUT2D eigenvalue weighted by Crippen LogP contribution is -2.52. The Morgan fingerprint density at radius 2 is 2.17 bits per heavy atom. The molecule has 0 spiro atoms. The molecule has 1 aromatic heterocycles. The number of carbonyl (C=O) groups excluding carboxylic acids is 1. The van der Waals surface area contributed by atoms with Gasteiger partial charge in [-0.05, 0) is 53.2 Å². The SMILES string of the molecule is O=C1CC[C@H](Nc2ccc(Br)cn2)[C@H](C2CC2)N1. The number of amides is 1. The highest BCUT2D eigenvalue weighted by Gasteiger charge is 2.40. The molecule has 0 radical (unpaired) electrons. The van der Waals surface area contributed by atoms with Gasteiger partial charge in [0.25, 0.3) is 0 Å². The Labute approximate surface area is 115 Å². The minimum atomic E-state index is 0.189. The summed E-state index contributed by atoms with van der Waals surface area (Å²) in [7, 11) is 0. The van der Waals surface area contributed by atoms with Crippen LogP contribution in [0.5, 0.6) is 0 Å². The van der Waals surface area contributed by atoms with Gasteiger partial charge in [0.15, 0.2) is 0 Å². The van der Waals surface area contributed by atoms with Crippen molar-refractivity contribution in [1.82, 2.24) is 10.3 Å². The van der Waals surface area contributed by atoms with Crippen LogP contribution in [0.15, 0.2) is 22.8 Å². The molecule has 2 atom stereocenters. The number of halogens is 1. The molecule has 1 aliphatic heterocycles. The van der Waals surface area contributed by atoms with Crippen LogP contribution >= 0.6 is 15.9 Å². The lowest BCUT2D eigenvalue weighted by Gasteiger charge is -2.33. The fraction of sp³-hybridized carbons (Fsp3) is 0.538. The standard InChI is InChI=1S/C13H16BrN3O/c14-9-3-5-11(15-7-9)16-10-4-6-12(18)17-13(10)8-1-2-8/h3,5,7-8,10,13H,1-2,4,6H2,(H,15,16)(H,17,18)/t10-,13-/m0/s1. The maximum Gasteiger partial charge on any atom is 0.220 e. The first-order chi connectivity index (χ1) is 8.72. The molecule has 2 aliphatic rings. The summed E-state index contributed by atoms with van der Waals surface area (Å²) in [5.41, 5.74) is 0. The number of pyridine rings is 1. The summed E-state index contributed by atoms with van der Waals surface area (Å²) >= 11 is 3.38. The summed E-state index contributed by atoms with van der Waals surface area (Å²) in [6, 6.07) is 4.52. The molecule has 0 bridgehead atoms. The van der Waals surface area contributed by atoms with Crippen LogP contribution in [0.2, 0.25) is 0 Å². The maximum atomic E-state index is 11.5.